The van der Waals surface area contributed by atoms with Crippen molar-refractivity contribution in [3.63, 3.8) is 0 Å². The molecule has 1 heterocycles. The topological polar surface area (TPSA) is 68.0 Å². The minimum atomic E-state index is -0.0284. The zero-order chi connectivity index (χ0) is 14.6. The van der Waals surface area contributed by atoms with Crippen molar-refractivity contribution >= 4 is 39.1 Å². The minimum Gasteiger partial charge on any atom is -0.330 e. The van der Waals surface area contributed by atoms with Crippen LogP contribution in [-0.4, -0.2) is 17.4 Å². The number of nitrogens with one attached hydrogen (secondary N) is 1. The molecule has 4 nitrogen and oxygen atoms in total. The molecule has 1 fully saturated rings. The maximum Gasteiger partial charge on any atom is 0.225 e. The summed E-state index contributed by atoms with van der Waals surface area (Å²) >= 11 is 9.12. The van der Waals surface area contributed by atoms with Crippen LogP contribution in [0.2, 0.25) is 5.15 Å². The van der Waals surface area contributed by atoms with E-state index in [1.54, 1.807) is 12.3 Å². The number of carbonyl (C=O) groups excluding carboxylic acids is 1. The minimum absolute atomic E-state index is 0.00614. The Bertz CT molecular complexity index is 489. The predicted octanol–water partition coefficient (Wildman–Crippen LogP) is 3.74. The van der Waals surface area contributed by atoms with Crippen molar-refractivity contribution in [2.24, 2.45) is 11.1 Å². The Kier molecular flexibility index (Phi) is 5.41. The molecule has 0 saturated heterocycles. The summed E-state index contributed by atoms with van der Waals surface area (Å²) in [5, 5.41) is 3.25. The van der Waals surface area contributed by atoms with Crippen LogP contribution in [0.25, 0.3) is 0 Å². The third kappa shape index (κ3) is 3.93. The Balaban J connectivity index is 1.98. The Morgan fingerprint density at radius 1 is 1.45 bits per heavy atom. The number of pyridine rings is 1. The summed E-state index contributed by atoms with van der Waals surface area (Å²) in [5.74, 6) is -0.00614. The highest BCUT2D eigenvalue weighted by molar-refractivity contribution is 9.10. The van der Waals surface area contributed by atoms with Gasteiger partial charge in [0.25, 0.3) is 0 Å². The van der Waals surface area contributed by atoms with E-state index in [4.69, 9.17) is 17.3 Å². The van der Waals surface area contributed by atoms with Crippen LogP contribution in [0.15, 0.2) is 16.7 Å². The second-order valence-corrected chi connectivity index (χ2v) is 6.70. The van der Waals surface area contributed by atoms with Crippen LogP contribution >= 0.6 is 27.5 Å². The molecule has 6 heteroatoms. The van der Waals surface area contributed by atoms with Crippen LogP contribution in [0.4, 0.5) is 5.69 Å². The second-order valence-electron chi connectivity index (χ2n) is 5.49. The lowest BCUT2D eigenvalue weighted by atomic mass is 9.71. The monoisotopic (exact) mass is 359 g/mol. The van der Waals surface area contributed by atoms with Crippen molar-refractivity contribution in [1.29, 1.82) is 0 Å². The second kappa shape index (κ2) is 6.87. The molecule has 0 radical (unpaired) electrons. The van der Waals surface area contributed by atoms with E-state index in [9.17, 15) is 4.79 Å². The Hall–Kier alpha value is -0.650. The van der Waals surface area contributed by atoms with Crippen LogP contribution in [0.5, 0.6) is 0 Å². The molecule has 1 amide bonds. The average Bonchev–Trinajstić information content (AvgIpc) is 2.44. The molecule has 1 aliphatic rings. The van der Waals surface area contributed by atoms with Crippen molar-refractivity contribution in [2.45, 2.75) is 38.5 Å². The number of hydrogen-bond donors (Lipinski definition) is 2. The number of nitrogens with two attached hydrogens (primary N) is 1. The van der Waals surface area contributed by atoms with E-state index >= 15 is 0 Å². The van der Waals surface area contributed by atoms with E-state index in [0.29, 0.717) is 28.3 Å². The number of hydrogen-bond acceptors (Lipinski definition) is 3. The lowest BCUT2D eigenvalue weighted by molar-refractivity contribution is -0.118. The Morgan fingerprint density at radius 3 is 2.75 bits per heavy atom. The number of nitrogens with zero attached hydrogens (tertiary/aromatic N) is 1. The molecule has 20 heavy (non-hydrogen) atoms. The standard InChI is InChI=1S/C14H19BrClN3O/c15-11-6-10(8-18-13(11)16)19-12(20)7-14(9-17)4-2-1-3-5-14/h6,8H,1-5,7,9,17H2,(H,19,20). The number of amides is 1. The summed E-state index contributed by atoms with van der Waals surface area (Å²) in [4.78, 5) is 16.2. The Labute approximate surface area is 132 Å². The maximum absolute atomic E-state index is 12.2. The lowest BCUT2D eigenvalue weighted by Gasteiger charge is -2.35. The molecule has 0 spiro atoms. The molecule has 1 aromatic heterocycles. The summed E-state index contributed by atoms with van der Waals surface area (Å²) in [6.07, 6.45) is 7.69. The van der Waals surface area contributed by atoms with E-state index in [2.05, 4.69) is 26.2 Å². The van der Waals surface area contributed by atoms with Crippen LogP contribution in [0.1, 0.15) is 38.5 Å². The van der Waals surface area contributed by atoms with Crippen LogP contribution in [-0.2, 0) is 4.79 Å². The van der Waals surface area contributed by atoms with Gasteiger partial charge in [-0.25, -0.2) is 4.98 Å². The van der Waals surface area contributed by atoms with Gasteiger partial charge in [0.15, 0.2) is 0 Å². The third-order valence-electron chi connectivity index (χ3n) is 3.96. The quantitative estimate of drug-likeness (QED) is 0.804. The zero-order valence-corrected chi connectivity index (χ0v) is 13.6. The van der Waals surface area contributed by atoms with E-state index in [1.807, 2.05) is 0 Å². The van der Waals surface area contributed by atoms with E-state index in [-0.39, 0.29) is 11.3 Å². The molecule has 1 aromatic rings. The highest BCUT2D eigenvalue weighted by Gasteiger charge is 2.32. The number of carbonyl (C=O) groups is 1. The molecular formula is C14H19BrClN3O. The first-order valence-electron chi connectivity index (χ1n) is 6.86. The fourth-order valence-corrected chi connectivity index (χ4v) is 3.24. The van der Waals surface area contributed by atoms with E-state index in [0.717, 1.165) is 12.8 Å². The van der Waals surface area contributed by atoms with E-state index in [1.165, 1.54) is 19.3 Å². The highest BCUT2D eigenvalue weighted by Crippen LogP contribution is 2.38. The van der Waals surface area contributed by atoms with Gasteiger partial charge in [0.2, 0.25) is 5.91 Å². The molecule has 2 rings (SSSR count). The summed E-state index contributed by atoms with van der Waals surface area (Å²) in [6, 6.07) is 1.75. The van der Waals surface area contributed by atoms with Gasteiger partial charge < -0.3 is 11.1 Å². The molecule has 3 N–H and O–H groups in total. The van der Waals surface area contributed by atoms with Gasteiger partial charge in [-0.2, -0.15) is 0 Å². The molecule has 0 aliphatic heterocycles. The van der Waals surface area contributed by atoms with Crippen molar-refractivity contribution < 1.29 is 4.79 Å². The van der Waals surface area contributed by atoms with Gasteiger partial charge in [-0.15, -0.1) is 0 Å². The Morgan fingerprint density at radius 2 is 2.15 bits per heavy atom. The third-order valence-corrected chi connectivity index (χ3v) is 5.10. The van der Waals surface area contributed by atoms with Gasteiger partial charge in [-0.3, -0.25) is 4.79 Å². The molecule has 0 atom stereocenters. The number of halogens is 2. The fraction of sp³-hybridized carbons (Fsp3) is 0.571. The van der Waals surface area contributed by atoms with Gasteiger partial charge in [0, 0.05) is 6.42 Å². The molecule has 1 saturated carbocycles. The fourth-order valence-electron chi connectivity index (χ4n) is 2.79. The molecule has 0 aromatic carbocycles. The summed E-state index contributed by atoms with van der Waals surface area (Å²) in [5.41, 5.74) is 6.53. The van der Waals surface area contributed by atoms with Gasteiger partial charge in [0.1, 0.15) is 5.15 Å². The first-order chi connectivity index (χ1) is 9.54. The zero-order valence-electron chi connectivity index (χ0n) is 11.3. The first kappa shape index (κ1) is 15.7. The highest BCUT2D eigenvalue weighted by atomic mass is 79.9. The normalized spacial score (nSPS) is 17.8. The average molecular weight is 361 g/mol. The van der Waals surface area contributed by atoms with Gasteiger partial charge in [-0.05, 0) is 46.8 Å². The summed E-state index contributed by atoms with van der Waals surface area (Å²) in [7, 11) is 0. The molecule has 0 bridgehead atoms. The van der Waals surface area contributed by atoms with Crippen LogP contribution in [0, 0.1) is 5.41 Å². The SMILES string of the molecule is NCC1(CC(=O)Nc2cnc(Cl)c(Br)c2)CCCCC1. The van der Waals surface area contributed by atoms with Crippen LogP contribution in [0.3, 0.4) is 0 Å². The number of anilines is 1. The molecule has 1 aliphatic carbocycles. The van der Waals surface area contributed by atoms with Gasteiger partial charge in [0.05, 0.1) is 16.4 Å². The van der Waals surface area contributed by atoms with Crippen molar-refractivity contribution in [2.75, 3.05) is 11.9 Å². The van der Waals surface area contributed by atoms with Gasteiger partial charge >= 0.3 is 0 Å². The van der Waals surface area contributed by atoms with Crippen molar-refractivity contribution in [3.8, 4) is 0 Å². The smallest absolute Gasteiger partial charge is 0.225 e. The molecule has 0 unspecified atom stereocenters. The lowest BCUT2D eigenvalue weighted by Crippen LogP contribution is -2.36. The number of rotatable bonds is 4. The predicted molar refractivity (Wildman–Crippen MR) is 84.8 cm³/mol. The molecular weight excluding hydrogens is 342 g/mol. The summed E-state index contributed by atoms with van der Waals surface area (Å²) in [6.45, 7) is 0.572. The number of aromatic nitrogens is 1. The summed E-state index contributed by atoms with van der Waals surface area (Å²) < 4.78 is 0.670. The van der Waals surface area contributed by atoms with Crippen molar-refractivity contribution in [1.82, 2.24) is 4.98 Å². The van der Waals surface area contributed by atoms with Crippen molar-refractivity contribution in [3.05, 3.63) is 21.9 Å². The largest absolute Gasteiger partial charge is 0.330 e. The van der Waals surface area contributed by atoms with E-state index < -0.39 is 0 Å². The first-order valence-corrected chi connectivity index (χ1v) is 8.03. The molecule has 110 valence electrons. The maximum atomic E-state index is 12.2. The van der Waals surface area contributed by atoms with Crippen LogP contribution < -0.4 is 11.1 Å². The van der Waals surface area contributed by atoms with Gasteiger partial charge in [-0.1, -0.05) is 30.9 Å².